The van der Waals surface area contributed by atoms with Crippen LogP contribution in [0.4, 0.5) is 0 Å². The van der Waals surface area contributed by atoms with Gasteiger partial charge < -0.3 is 0 Å². The van der Waals surface area contributed by atoms with Gasteiger partial charge in [0.2, 0.25) is 0 Å². The third-order valence-corrected chi connectivity index (χ3v) is 5.46. The van der Waals surface area contributed by atoms with Crippen molar-refractivity contribution in [2.75, 3.05) is 26.2 Å². The summed E-state index contributed by atoms with van der Waals surface area (Å²) in [5, 5.41) is 0. The summed E-state index contributed by atoms with van der Waals surface area (Å²) in [6, 6.07) is 0. The molecule has 2 heterocycles. The van der Waals surface area contributed by atoms with E-state index in [9.17, 15) is 0 Å². The third kappa shape index (κ3) is 4.21. The van der Waals surface area contributed by atoms with Gasteiger partial charge in [0.1, 0.15) is 0 Å². The van der Waals surface area contributed by atoms with Crippen molar-refractivity contribution in [3.63, 3.8) is 0 Å². The molecule has 2 rings (SSSR count). The molecule has 20 heavy (non-hydrogen) atoms. The van der Waals surface area contributed by atoms with Crippen LogP contribution < -0.4 is 0 Å². The van der Waals surface area contributed by atoms with Gasteiger partial charge in [-0.3, -0.25) is 9.80 Å². The molecule has 0 aliphatic carbocycles. The Hall–Kier alpha value is -0.0800. The maximum atomic E-state index is 2.68. The minimum atomic E-state index is 0.362. The molecule has 2 nitrogen and oxygen atoms in total. The van der Waals surface area contributed by atoms with Gasteiger partial charge in [0.05, 0.1) is 0 Å². The van der Waals surface area contributed by atoms with E-state index in [0.29, 0.717) is 11.1 Å². The van der Waals surface area contributed by atoms with Gasteiger partial charge in [-0.1, -0.05) is 0 Å². The summed E-state index contributed by atoms with van der Waals surface area (Å²) in [6.45, 7) is 19.4. The molecule has 0 unspecified atom stereocenters. The maximum absolute atomic E-state index is 2.68. The second-order valence-electron chi connectivity index (χ2n) is 9.11. The summed E-state index contributed by atoms with van der Waals surface area (Å²) < 4.78 is 0. The predicted octanol–water partition coefficient (Wildman–Crippen LogP) is 4.01. The van der Waals surface area contributed by atoms with Gasteiger partial charge in [0.15, 0.2) is 0 Å². The van der Waals surface area contributed by atoms with Crippen molar-refractivity contribution in [1.29, 1.82) is 0 Å². The number of rotatable bonds is 2. The van der Waals surface area contributed by atoms with Crippen molar-refractivity contribution in [3.05, 3.63) is 0 Å². The summed E-state index contributed by atoms with van der Waals surface area (Å²) in [4.78, 5) is 5.35. The van der Waals surface area contributed by atoms with Crippen molar-refractivity contribution < 1.29 is 0 Å². The molecule has 1 atom stereocenters. The van der Waals surface area contributed by atoms with E-state index in [1.165, 1.54) is 51.9 Å². The van der Waals surface area contributed by atoms with Gasteiger partial charge in [-0.05, 0) is 98.7 Å². The van der Waals surface area contributed by atoms with Gasteiger partial charge in [-0.15, -0.1) is 0 Å². The molecule has 0 N–H and O–H groups in total. The summed E-state index contributed by atoms with van der Waals surface area (Å²) in [7, 11) is 0. The summed E-state index contributed by atoms with van der Waals surface area (Å²) in [6.07, 6.45) is 5.74. The van der Waals surface area contributed by atoms with Gasteiger partial charge in [0, 0.05) is 17.6 Å². The lowest BCUT2D eigenvalue weighted by molar-refractivity contribution is 0.0798. The monoisotopic (exact) mass is 280 g/mol. The van der Waals surface area contributed by atoms with E-state index < -0.39 is 0 Å². The second kappa shape index (κ2) is 5.96. The van der Waals surface area contributed by atoms with Crippen LogP contribution in [0.1, 0.15) is 67.2 Å². The first kappa shape index (κ1) is 16.3. The predicted molar refractivity (Wildman–Crippen MR) is 88.1 cm³/mol. The molecule has 0 saturated carbocycles. The van der Waals surface area contributed by atoms with Crippen molar-refractivity contribution in [2.24, 2.45) is 11.8 Å². The van der Waals surface area contributed by atoms with Gasteiger partial charge in [-0.2, -0.15) is 0 Å². The Balaban J connectivity index is 1.74. The molecule has 0 radical (unpaired) electrons. The van der Waals surface area contributed by atoms with Crippen molar-refractivity contribution in [1.82, 2.24) is 9.80 Å². The molecule has 0 aromatic carbocycles. The highest BCUT2D eigenvalue weighted by Gasteiger charge is 2.33. The fourth-order valence-electron chi connectivity index (χ4n) is 3.95. The van der Waals surface area contributed by atoms with Crippen LogP contribution in [0.25, 0.3) is 0 Å². The second-order valence-corrected chi connectivity index (χ2v) is 9.11. The largest absolute Gasteiger partial charge is 0.298 e. The summed E-state index contributed by atoms with van der Waals surface area (Å²) in [5.74, 6) is 1.94. The molecule has 0 aromatic rings. The van der Waals surface area contributed by atoms with Crippen LogP contribution in [0.3, 0.4) is 0 Å². The highest BCUT2D eigenvalue weighted by atomic mass is 15.2. The van der Waals surface area contributed by atoms with Gasteiger partial charge in [0.25, 0.3) is 0 Å². The van der Waals surface area contributed by atoms with E-state index in [-0.39, 0.29) is 0 Å². The Morgan fingerprint density at radius 1 is 0.700 bits per heavy atom. The minimum Gasteiger partial charge on any atom is -0.298 e. The van der Waals surface area contributed by atoms with Crippen LogP contribution in [-0.2, 0) is 0 Å². The van der Waals surface area contributed by atoms with Gasteiger partial charge in [-0.25, -0.2) is 0 Å². The number of hydrogen-bond acceptors (Lipinski definition) is 2. The van der Waals surface area contributed by atoms with E-state index in [1.807, 2.05) is 0 Å². The summed E-state index contributed by atoms with van der Waals surface area (Å²) >= 11 is 0. The van der Waals surface area contributed by atoms with E-state index in [2.05, 4.69) is 51.3 Å². The molecular weight excluding hydrogens is 244 g/mol. The molecule has 0 amide bonds. The number of hydrogen-bond donors (Lipinski definition) is 0. The Morgan fingerprint density at radius 3 is 1.60 bits per heavy atom. The van der Waals surface area contributed by atoms with Crippen LogP contribution in [0, 0.1) is 11.8 Å². The molecule has 2 saturated heterocycles. The van der Waals surface area contributed by atoms with E-state index in [0.717, 1.165) is 11.8 Å². The molecular formula is C18H36N2. The molecule has 0 aromatic heterocycles. The number of piperidine rings is 1. The lowest BCUT2D eigenvalue weighted by Gasteiger charge is -2.41. The van der Waals surface area contributed by atoms with Crippen LogP contribution in [0.15, 0.2) is 0 Å². The van der Waals surface area contributed by atoms with E-state index in [1.54, 1.807) is 0 Å². The standard InChI is InChI=1S/C18H36N2/c1-17(2,3)19-10-7-15(8-11-19)13-16-9-12-20(14-16)18(4,5)6/h15-16H,7-14H2,1-6H3/t16-/m0/s1. The Labute approximate surface area is 126 Å². The van der Waals surface area contributed by atoms with Gasteiger partial charge >= 0.3 is 0 Å². The molecule has 0 spiro atoms. The van der Waals surface area contributed by atoms with Crippen LogP contribution >= 0.6 is 0 Å². The lowest BCUT2D eigenvalue weighted by atomic mass is 9.85. The average Bonchev–Trinajstić information content (AvgIpc) is 2.77. The van der Waals surface area contributed by atoms with Crippen molar-refractivity contribution >= 4 is 0 Å². The minimum absolute atomic E-state index is 0.362. The highest BCUT2D eigenvalue weighted by molar-refractivity contribution is 4.87. The molecule has 2 aliphatic heterocycles. The SMILES string of the molecule is CC(C)(C)N1CCC(C[C@@H]2CCN(C(C)(C)C)C2)CC1. The van der Waals surface area contributed by atoms with E-state index in [4.69, 9.17) is 0 Å². The average molecular weight is 281 g/mol. The smallest absolute Gasteiger partial charge is 0.0125 e. The first-order valence-electron chi connectivity index (χ1n) is 8.66. The zero-order chi connectivity index (χ0) is 15.0. The Bertz CT molecular complexity index is 302. The van der Waals surface area contributed by atoms with E-state index >= 15 is 0 Å². The number of likely N-dealkylation sites (tertiary alicyclic amines) is 2. The maximum Gasteiger partial charge on any atom is 0.0125 e. The highest BCUT2D eigenvalue weighted by Crippen LogP contribution is 2.33. The van der Waals surface area contributed by atoms with Crippen LogP contribution in [0.2, 0.25) is 0 Å². The Kier molecular flexibility index (Phi) is 4.86. The van der Waals surface area contributed by atoms with Crippen molar-refractivity contribution in [2.45, 2.75) is 78.3 Å². The molecule has 2 fully saturated rings. The lowest BCUT2D eigenvalue weighted by Crippen LogP contribution is -2.46. The first-order valence-corrected chi connectivity index (χ1v) is 8.66. The third-order valence-electron chi connectivity index (χ3n) is 5.46. The Morgan fingerprint density at radius 2 is 1.15 bits per heavy atom. The zero-order valence-corrected chi connectivity index (χ0v) is 14.7. The normalized spacial score (nSPS) is 28.2. The number of nitrogens with zero attached hydrogens (tertiary/aromatic N) is 2. The first-order chi connectivity index (χ1) is 9.16. The molecule has 2 aliphatic rings. The fourth-order valence-corrected chi connectivity index (χ4v) is 3.95. The van der Waals surface area contributed by atoms with Crippen LogP contribution in [-0.4, -0.2) is 47.1 Å². The molecule has 118 valence electrons. The quantitative estimate of drug-likeness (QED) is 0.754. The fraction of sp³-hybridized carbons (Fsp3) is 1.00. The molecule has 2 heteroatoms. The van der Waals surface area contributed by atoms with Crippen LogP contribution in [0.5, 0.6) is 0 Å². The summed E-state index contributed by atoms with van der Waals surface area (Å²) in [5.41, 5.74) is 0.728. The zero-order valence-electron chi connectivity index (χ0n) is 14.7. The van der Waals surface area contributed by atoms with Crippen molar-refractivity contribution in [3.8, 4) is 0 Å². The molecule has 0 bridgehead atoms. The topological polar surface area (TPSA) is 6.48 Å².